The molecule has 0 saturated heterocycles. The Hall–Kier alpha value is -1.25. The van der Waals surface area contributed by atoms with E-state index in [9.17, 15) is 13.2 Å². The quantitative estimate of drug-likeness (QED) is 0.831. The number of fused-ring (bicyclic) bond motifs is 3. The average molecular weight is 327 g/mol. The summed E-state index contributed by atoms with van der Waals surface area (Å²) in [5, 5.41) is 0.655. The molecule has 0 aromatic carbocycles. The first-order valence-electron chi connectivity index (χ1n) is 6.95. The Kier molecular flexibility index (Phi) is 3.85. The minimum Gasteiger partial charge on any atom is -0.309 e. The number of hydrogen-bond acceptors (Lipinski definition) is 5. The van der Waals surface area contributed by atoms with E-state index in [1.165, 1.54) is 29.7 Å². The third kappa shape index (κ3) is 2.88. The largest absolute Gasteiger partial charge is 0.309 e. The highest BCUT2D eigenvalue weighted by molar-refractivity contribution is 7.88. The maximum absolute atomic E-state index is 12.3. The van der Waals surface area contributed by atoms with Crippen molar-refractivity contribution >= 4 is 31.6 Å². The number of H-pyrrole nitrogens is 1. The Bertz CT molecular complexity index is 836. The maximum Gasteiger partial charge on any atom is 0.259 e. The summed E-state index contributed by atoms with van der Waals surface area (Å²) in [4.78, 5) is 21.2. The van der Waals surface area contributed by atoms with Crippen LogP contribution in [0.3, 0.4) is 0 Å². The van der Waals surface area contributed by atoms with Crippen molar-refractivity contribution in [3.05, 3.63) is 26.6 Å². The molecular weight excluding hydrogens is 310 g/mol. The van der Waals surface area contributed by atoms with E-state index in [1.54, 1.807) is 0 Å². The van der Waals surface area contributed by atoms with Crippen LogP contribution in [0.15, 0.2) is 4.79 Å². The molecule has 0 saturated carbocycles. The molecule has 0 amide bonds. The molecule has 0 atom stereocenters. The summed E-state index contributed by atoms with van der Waals surface area (Å²) in [5.74, 6) is -0.115. The van der Waals surface area contributed by atoms with Crippen molar-refractivity contribution in [3.8, 4) is 0 Å². The van der Waals surface area contributed by atoms with Gasteiger partial charge < -0.3 is 4.98 Å². The van der Waals surface area contributed by atoms with Crippen molar-refractivity contribution in [2.45, 2.75) is 37.9 Å². The van der Waals surface area contributed by atoms with Gasteiger partial charge in [0.05, 0.1) is 5.39 Å². The fourth-order valence-corrected chi connectivity index (χ4v) is 4.63. The Balaban J connectivity index is 2.11. The fourth-order valence-electron chi connectivity index (χ4n) is 2.71. The smallest absolute Gasteiger partial charge is 0.259 e. The highest BCUT2D eigenvalue weighted by Gasteiger charge is 2.20. The number of rotatable bonds is 3. The Labute approximate surface area is 126 Å². The maximum atomic E-state index is 12.3. The van der Waals surface area contributed by atoms with Gasteiger partial charge in [-0.25, -0.2) is 18.1 Å². The van der Waals surface area contributed by atoms with E-state index in [0.717, 1.165) is 31.2 Å². The second-order valence-electron chi connectivity index (χ2n) is 5.22. The van der Waals surface area contributed by atoms with Crippen LogP contribution in [0.1, 0.15) is 35.5 Å². The van der Waals surface area contributed by atoms with Gasteiger partial charge in [-0.15, -0.1) is 11.3 Å². The molecule has 6 nitrogen and oxygen atoms in total. The summed E-state index contributed by atoms with van der Waals surface area (Å²) in [6.07, 6.45) is 5.31. The molecule has 2 aromatic rings. The van der Waals surface area contributed by atoms with Gasteiger partial charge in [-0.1, -0.05) is 6.42 Å². The zero-order valence-electron chi connectivity index (χ0n) is 11.7. The fraction of sp³-hybridized carbons (Fsp3) is 0.538. The minimum absolute atomic E-state index is 0.193. The van der Waals surface area contributed by atoms with Crippen LogP contribution in [-0.2, 0) is 28.6 Å². The van der Waals surface area contributed by atoms with Crippen LogP contribution in [0.2, 0.25) is 0 Å². The van der Waals surface area contributed by atoms with Crippen molar-refractivity contribution < 1.29 is 8.42 Å². The normalized spacial score (nSPS) is 15.9. The molecule has 0 radical (unpaired) electrons. The van der Waals surface area contributed by atoms with Crippen molar-refractivity contribution in [1.82, 2.24) is 14.7 Å². The summed E-state index contributed by atoms with van der Waals surface area (Å²) >= 11 is 1.53. The molecule has 0 aliphatic heterocycles. The van der Waals surface area contributed by atoms with Crippen LogP contribution < -0.4 is 10.3 Å². The molecule has 0 spiro atoms. The number of sulfonamides is 1. The minimum atomic E-state index is -3.44. The molecule has 1 aliphatic carbocycles. The summed E-state index contributed by atoms with van der Waals surface area (Å²) < 4.78 is 25.4. The zero-order chi connectivity index (χ0) is 15.0. The number of nitrogens with one attached hydrogen (secondary N) is 2. The number of nitrogens with zero attached hydrogens (tertiary/aromatic N) is 1. The molecule has 2 N–H and O–H groups in total. The van der Waals surface area contributed by atoms with Gasteiger partial charge >= 0.3 is 0 Å². The third-order valence-corrected chi connectivity index (χ3v) is 6.22. The van der Waals surface area contributed by atoms with Crippen molar-refractivity contribution in [1.29, 1.82) is 0 Å². The SMILES string of the molecule is CNS(=O)(=O)Cc1nc2sc3c(c2c(=O)[nH]1)CCCCC3. The molecule has 8 heteroatoms. The molecule has 114 valence electrons. The lowest BCUT2D eigenvalue weighted by Gasteiger charge is -2.02. The van der Waals surface area contributed by atoms with Gasteiger partial charge in [-0.3, -0.25) is 4.79 Å². The predicted octanol–water partition coefficient (Wildman–Crippen LogP) is 1.30. The van der Waals surface area contributed by atoms with Crippen LogP contribution in [0.4, 0.5) is 0 Å². The molecular formula is C13H17N3O3S2. The van der Waals surface area contributed by atoms with E-state index >= 15 is 0 Å². The standard InChI is InChI=1S/C13H17N3O3S2/c1-14-21(18,19)7-10-15-12(17)11-8-5-3-2-4-6-9(8)20-13(11)16-10/h14H,2-7H2,1H3,(H,15,16,17). The van der Waals surface area contributed by atoms with Crippen molar-refractivity contribution in [3.63, 3.8) is 0 Å². The van der Waals surface area contributed by atoms with Gasteiger partial charge in [0, 0.05) is 4.88 Å². The van der Waals surface area contributed by atoms with Gasteiger partial charge in [0.25, 0.3) is 5.56 Å². The number of aromatic nitrogens is 2. The van der Waals surface area contributed by atoms with E-state index in [0.29, 0.717) is 10.2 Å². The molecule has 2 heterocycles. The topological polar surface area (TPSA) is 91.9 Å². The number of hydrogen-bond donors (Lipinski definition) is 2. The Morgan fingerprint density at radius 2 is 2.05 bits per heavy atom. The first-order chi connectivity index (χ1) is 10.00. The van der Waals surface area contributed by atoms with Gasteiger partial charge in [0.2, 0.25) is 10.0 Å². The van der Waals surface area contributed by atoms with E-state index in [2.05, 4.69) is 14.7 Å². The summed E-state index contributed by atoms with van der Waals surface area (Å²) in [6.45, 7) is 0. The second-order valence-corrected chi connectivity index (χ2v) is 8.23. The van der Waals surface area contributed by atoms with Crippen molar-refractivity contribution in [2.75, 3.05) is 7.05 Å². The first-order valence-corrected chi connectivity index (χ1v) is 9.42. The summed E-state index contributed by atoms with van der Waals surface area (Å²) in [7, 11) is -2.10. The molecule has 0 bridgehead atoms. The van der Waals surface area contributed by atoms with Gasteiger partial charge in [-0.2, -0.15) is 0 Å². The van der Waals surface area contributed by atoms with E-state index in [1.807, 2.05) is 0 Å². The predicted molar refractivity (Wildman–Crippen MR) is 83.2 cm³/mol. The molecule has 3 rings (SSSR count). The Morgan fingerprint density at radius 1 is 1.29 bits per heavy atom. The number of aryl methyl sites for hydroxylation is 2. The van der Waals surface area contributed by atoms with Gasteiger partial charge in [0.15, 0.2) is 0 Å². The number of thiophene rings is 1. The van der Waals surface area contributed by atoms with Crippen molar-refractivity contribution in [2.24, 2.45) is 0 Å². The molecule has 0 unspecified atom stereocenters. The van der Waals surface area contributed by atoms with Gasteiger partial charge in [0.1, 0.15) is 16.4 Å². The van der Waals surface area contributed by atoms with E-state index in [4.69, 9.17) is 0 Å². The van der Waals surface area contributed by atoms with Crippen LogP contribution in [0.25, 0.3) is 10.2 Å². The van der Waals surface area contributed by atoms with Crippen LogP contribution >= 0.6 is 11.3 Å². The summed E-state index contributed by atoms with van der Waals surface area (Å²) in [6, 6.07) is 0. The third-order valence-electron chi connectivity index (χ3n) is 3.76. The lowest BCUT2D eigenvalue weighted by molar-refractivity contribution is 0.586. The monoisotopic (exact) mass is 327 g/mol. The van der Waals surface area contributed by atoms with E-state index in [-0.39, 0.29) is 17.1 Å². The summed E-state index contributed by atoms with van der Waals surface area (Å²) in [5.41, 5.74) is 0.893. The second kappa shape index (κ2) is 5.51. The van der Waals surface area contributed by atoms with Gasteiger partial charge in [-0.05, 0) is 38.3 Å². The number of aromatic amines is 1. The van der Waals surface area contributed by atoms with Crippen LogP contribution in [-0.4, -0.2) is 25.4 Å². The Morgan fingerprint density at radius 3 is 2.81 bits per heavy atom. The lowest BCUT2D eigenvalue weighted by atomic mass is 10.1. The van der Waals surface area contributed by atoms with Crippen LogP contribution in [0, 0.1) is 0 Å². The van der Waals surface area contributed by atoms with E-state index < -0.39 is 10.0 Å². The highest BCUT2D eigenvalue weighted by atomic mass is 32.2. The average Bonchev–Trinajstić information content (AvgIpc) is 2.61. The lowest BCUT2D eigenvalue weighted by Crippen LogP contribution is -2.23. The highest BCUT2D eigenvalue weighted by Crippen LogP contribution is 2.32. The molecule has 2 aromatic heterocycles. The molecule has 1 aliphatic rings. The first kappa shape index (κ1) is 14.7. The molecule has 0 fully saturated rings. The zero-order valence-corrected chi connectivity index (χ0v) is 13.4. The van der Waals surface area contributed by atoms with Crippen LogP contribution in [0.5, 0.6) is 0 Å². The molecule has 21 heavy (non-hydrogen) atoms.